The lowest BCUT2D eigenvalue weighted by Gasteiger charge is -2.31. The zero-order chi connectivity index (χ0) is 12.9. The minimum atomic E-state index is -0.461. The number of rotatable bonds is 4. The average molecular weight is 243 g/mol. The van der Waals surface area contributed by atoms with Crippen molar-refractivity contribution in [2.45, 2.75) is 26.9 Å². The fourth-order valence-electron chi connectivity index (χ4n) is 1.67. The summed E-state index contributed by atoms with van der Waals surface area (Å²) in [5.74, 6) is -0.178. The molecular weight excluding hydrogens is 218 g/mol. The Morgan fingerprint density at radius 2 is 2.00 bits per heavy atom. The third-order valence-corrected chi connectivity index (χ3v) is 2.82. The van der Waals surface area contributed by atoms with E-state index in [1.807, 2.05) is 20.8 Å². The zero-order valence-electron chi connectivity index (χ0n) is 11.2. The van der Waals surface area contributed by atoms with Crippen LogP contribution in [0.4, 0.5) is 0 Å². The first-order valence-corrected chi connectivity index (χ1v) is 6.27. The molecule has 1 fully saturated rings. The third kappa shape index (κ3) is 5.02. The van der Waals surface area contributed by atoms with Crippen LogP contribution >= 0.6 is 0 Å². The second kappa shape index (κ2) is 6.33. The van der Waals surface area contributed by atoms with Crippen LogP contribution in [-0.4, -0.2) is 56.2 Å². The van der Waals surface area contributed by atoms with Gasteiger partial charge in [-0.2, -0.15) is 0 Å². The Balaban J connectivity index is 2.40. The molecule has 1 aliphatic rings. The lowest BCUT2D eigenvalue weighted by Crippen LogP contribution is -2.49. The van der Waals surface area contributed by atoms with Crippen LogP contribution in [0.5, 0.6) is 0 Å². The van der Waals surface area contributed by atoms with E-state index in [-0.39, 0.29) is 12.1 Å². The van der Waals surface area contributed by atoms with Crippen LogP contribution in [0.3, 0.4) is 0 Å². The summed E-state index contributed by atoms with van der Waals surface area (Å²) in [7, 11) is 0. The van der Waals surface area contributed by atoms with Gasteiger partial charge in [-0.1, -0.05) is 0 Å². The Morgan fingerprint density at radius 3 is 2.47 bits per heavy atom. The van der Waals surface area contributed by atoms with E-state index in [9.17, 15) is 4.79 Å². The number of nitrogens with two attached hydrogens (primary N) is 1. The van der Waals surface area contributed by atoms with Crippen LogP contribution in [0.25, 0.3) is 0 Å². The summed E-state index contributed by atoms with van der Waals surface area (Å²) in [5, 5.41) is 3.29. The molecule has 1 unspecified atom stereocenters. The van der Waals surface area contributed by atoms with E-state index in [1.165, 1.54) is 0 Å². The third-order valence-electron chi connectivity index (χ3n) is 2.82. The van der Waals surface area contributed by atoms with Gasteiger partial charge in [-0.15, -0.1) is 0 Å². The van der Waals surface area contributed by atoms with Gasteiger partial charge >= 0.3 is 5.97 Å². The Morgan fingerprint density at radius 1 is 1.41 bits per heavy atom. The van der Waals surface area contributed by atoms with Gasteiger partial charge in [0, 0.05) is 39.3 Å². The number of hydrogen-bond acceptors (Lipinski definition) is 5. The van der Waals surface area contributed by atoms with Gasteiger partial charge in [0.2, 0.25) is 0 Å². The summed E-state index contributed by atoms with van der Waals surface area (Å²) in [4.78, 5) is 14.0. The quantitative estimate of drug-likeness (QED) is 0.670. The summed E-state index contributed by atoms with van der Waals surface area (Å²) >= 11 is 0. The van der Waals surface area contributed by atoms with Crippen molar-refractivity contribution in [3.63, 3.8) is 0 Å². The number of nitrogens with zero attached hydrogens (tertiary/aromatic N) is 1. The van der Waals surface area contributed by atoms with Crippen LogP contribution in [0.2, 0.25) is 0 Å². The standard InChI is InChI=1S/C12H25N3O2/c1-12(2,3)11(16)17-10(8-13)9-15-6-4-14-5-7-15/h10,14H,4-9,13H2,1-3H3. The second-order valence-corrected chi connectivity index (χ2v) is 5.56. The molecule has 0 aromatic heterocycles. The number of nitrogens with one attached hydrogen (secondary N) is 1. The second-order valence-electron chi connectivity index (χ2n) is 5.56. The number of piperazine rings is 1. The van der Waals surface area contributed by atoms with E-state index in [2.05, 4.69) is 10.2 Å². The highest BCUT2D eigenvalue weighted by Gasteiger charge is 2.27. The van der Waals surface area contributed by atoms with Crippen LogP contribution in [-0.2, 0) is 9.53 Å². The molecule has 0 spiro atoms. The molecule has 0 amide bonds. The first kappa shape index (κ1) is 14.4. The van der Waals surface area contributed by atoms with E-state index in [0.29, 0.717) is 6.54 Å². The SMILES string of the molecule is CC(C)(C)C(=O)OC(CN)CN1CCNCC1. The molecule has 0 aromatic carbocycles. The van der Waals surface area contributed by atoms with Crippen LogP contribution < -0.4 is 11.1 Å². The normalized spacial score (nSPS) is 20.0. The van der Waals surface area contributed by atoms with Crippen LogP contribution in [0, 0.1) is 5.41 Å². The fourth-order valence-corrected chi connectivity index (χ4v) is 1.67. The molecule has 5 nitrogen and oxygen atoms in total. The summed E-state index contributed by atoms with van der Waals surface area (Å²) in [5.41, 5.74) is 5.20. The maximum atomic E-state index is 11.8. The molecule has 0 aromatic rings. The van der Waals surface area contributed by atoms with Crippen molar-refractivity contribution in [1.82, 2.24) is 10.2 Å². The molecule has 0 aliphatic carbocycles. The van der Waals surface area contributed by atoms with Gasteiger partial charge in [-0.3, -0.25) is 9.69 Å². The van der Waals surface area contributed by atoms with E-state index >= 15 is 0 Å². The topological polar surface area (TPSA) is 67.6 Å². The molecule has 5 heteroatoms. The molecule has 1 heterocycles. The first-order chi connectivity index (χ1) is 7.93. The first-order valence-electron chi connectivity index (χ1n) is 6.27. The van der Waals surface area contributed by atoms with E-state index in [1.54, 1.807) is 0 Å². The summed E-state index contributed by atoms with van der Waals surface area (Å²) in [6, 6.07) is 0. The van der Waals surface area contributed by atoms with Crippen LogP contribution in [0.1, 0.15) is 20.8 Å². The molecule has 100 valence electrons. The van der Waals surface area contributed by atoms with E-state index in [4.69, 9.17) is 10.5 Å². The van der Waals surface area contributed by atoms with Gasteiger partial charge in [0.25, 0.3) is 0 Å². The molecule has 1 rings (SSSR count). The predicted octanol–water partition coefficient (Wildman–Crippen LogP) is -0.192. The monoisotopic (exact) mass is 243 g/mol. The molecular formula is C12H25N3O2. The molecule has 3 N–H and O–H groups in total. The largest absolute Gasteiger partial charge is 0.459 e. The minimum Gasteiger partial charge on any atom is -0.459 e. The van der Waals surface area contributed by atoms with E-state index < -0.39 is 5.41 Å². The number of hydrogen-bond donors (Lipinski definition) is 2. The van der Waals surface area contributed by atoms with Gasteiger partial charge in [0.1, 0.15) is 6.10 Å². The number of carbonyl (C=O) groups excluding carboxylic acids is 1. The molecule has 0 saturated carbocycles. The molecule has 1 atom stereocenters. The van der Waals surface area contributed by atoms with Crippen molar-refractivity contribution >= 4 is 5.97 Å². The van der Waals surface area contributed by atoms with Crippen molar-refractivity contribution < 1.29 is 9.53 Å². The Labute approximate surface area is 104 Å². The average Bonchev–Trinajstić information content (AvgIpc) is 2.28. The lowest BCUT2D eigenvalue weighted by molar-refractivity contribution is -0.159. The highest BCUT2D eigenvalue weighted by molar-refractivity contribution is 5.75. The Bertz CT molecular complexity index is 245. The molecule has 17 heavy (non-hydrogen) atoms. The van der Waals surface area contributed by atoms with Gasteiger partial charge < -0.3 is 15.8 Å². The Hall–Kier alpha value is -0.650. The predicted molar refractivity (Wildman–Crippen MR) is 67.7 cm³/mol. The molecule has 0 radical (unpaired) electrons. The number of esters is 1. The fraction of sp³-hybridized carbons (Fsp3) is 0.917. The minimum absolute atomic E-state index is 0.178. The number of ether oxygens (including phenoxy) is 1. The van der Waals surface area contributed by atoms with E-state index in [0.717, 1.165) is 32.7 Å². The maximum absolute atomic E-state index is 11.8. The highest BCUT2D eigenvalue weighted by atomic mass is 16.5. The van der Waals surface area contributed by atoms with Crippen molar-refractivity contribution in [3.05, 3.63) is 0 Å². The summed E-state index contributed by atoms with van der Waals surface area (Å²) in [6.45, 7) is 10.6. The van der Waals surface area contributed by atoms with Crippen LogP contribution in [0.15, 0.2) is 0 Å². The number of carbonyl (C=O) groups is 1. The van der Waals surface area contributed by atoms with Gasteiger partial charge in [-0.05, 0) is 20.8 Å². The molecule has 0 bridgehead atoms. The summed E-state index contributed by atoms with van der Waals surface area (Å²) in [6.07, 6.45) is -0.195. The molecule has 1 saturated heterocycles. The van der Waals surface area contributed by atoms with Gasteiger partial charge in [-0.25, -0.2) is 0 Å². The molecule has 1 aliphatic heterocycles. The van der Waals surface area contributed by atoms with Crippen molar-refractivity contribution in [3.8, 4) is 0 Å². The zero-order valence-corrected chi connectivity index (χ0v) is 11.2. The highest BCUT2D eigenvalue weighted by Crippen LogP contribution is 2.16. The Kier molecular flexibility index (Phi) is 5.36. The van der Waals surface area contributed by atoms with Gasteiger partial charge in [0.15, 0.2) is 0 Å². The van der Waals surface area contributed by atoms with Gasteiger partial charge in [0.05, 0.1) is 5.41 Å². The lowest BCUT2D eigenvalue weighted by atomic mass is 9.97. The summed E-state index contributed by atoms with van der Waals surface area (Å²) < 4.78 is 5.44. The van der Waals surface area contributed by atoms with Crippen molar-refractivity contribution in [2.75, 3.05) is 39.3 Å². The smallest absolute Gasteiger partial charge is 0.311 e. The maximum Gasteiger partial charge on any atom is 0.311 e. The van der Waals surface area contributed by atoms with Crippen molar-refractivity contribution in [2.24, 2.45) is 11.1 Å². The van der Waals surface area contributed by atoms with Crippen molar-refractivity contribution in [1.29, 1.82) is 0 Å².